The van der Waals surface area contributed by atoms with Gasteiger partial charge in [-0.25, -0.2) is 0 Å². The van der Waals surface area contributed by atoms with Crippen LogP contribution in [0.1, 0.15) is 32.6 Å². The van der Waals surface area contributed by atoms with E-state index in [0.29, 0.717) is 17.6 Å². The van der Waals surface area contributed by atoms with Crippen LogP contribution >= 0.6 is 0 Å². The van der Waals surface area contributed by atoms with E-state index >= 15 is 0 Å². The Hall–Kier alpha value is -0.850. The summed E-state index contributed by atoms with van der Waals surface area (Å²) in [6.45, 7) is 9.97. The summed E-state index contributed by atoms with van der Waals surface area (Å²) in [4.78, 5) is 12.2. The number of hydrogen-bond donors (Lipinski definition) is 0. The Morgan fingerprint density at radius 1 is 1.53 bits per heavy atom. The molecule has 1 nitrogen and oxygen atoms in total. The average Bonchev–Trinajstić information content (AvgIpc) is 2.24. The second-order valence-electron chi connectivity index (χ2n) is 5.30. The first kappa shape index (κ1) is 10.7. The summed E-state index contributed by atoms with van der Waals surface area (Å²) in [6, 6.07) is 0. The molecule has 0 unspecified atom stereocenters. The molecule has 0 heterocycles. The van der Waals surface area contributed by atoms with Gasteiger partial charge < -0.3 is 0 Å². The van der Waals surface area contributed by atoms with Gasteiger partial charge in [-0.1, -0.05) is 19.1 Å². The highest BCUT2D eigenvalue weighted by Gasteiger charge is 2.53. The average molecular weight is 204 g/mol. The monoisotopic (exact) mass is 204 g/mol. The quantitative estimate of drug-likeness (QED) is 0.644. The summed E-state index contributed by atoms with van der Waals surface area (Å²) in [6.07, 6.45) is 8.11. The topological polar surface area (TPSA) is 17.1 Å². The van der Waals surface area contributed by atoms with E-state index in [1.165, 1.54) is 6.42 Å². The van der Waals surface area contributed by atoms with Gasteiger partial charge in [0.15, 0.2) is 0 Å². The molecule has 3 saturated carbocycles. The molecule has 0 aromatic heterocycles. The van der Waals surface area contributed by atoms with Gasteiger partial charge in [-0.3, -0.25) is 4.79 Å². The van der Waals surface area contributed by atoms with Crippen LogP contribution in [0.15, 0.2) is 25.3 Å². The van der Waals surface area contributed by atoms with Crippen LogP contribution in [0, 0.1) is 23.2 Å². The Balaban J connectivity index is 2.33. The van der Waals surface area contributed by atoms with Gasteiger partial charge in [0.1, 0.15) is 5.78 Å². The third kappa shape index (κ3) is 1.40. The van der Waals surface area contributed by atoms with Crippen molar-refractivity contribution in [3.63, 3.8) is 0 Å². The molecule has 0 N–H and O–H groups in total. The molecule has 1 heteroatoms. The molecule has 0 aromatic carbocycles. The van der Waals surface area contributed by atoms with Crippen LogP contribution in [0.2, 0.25) is 0 Å². The van der Waals surface area contributed by atoms with Crippen molar-refractivity contribution in [3.05, 3.63) is 25.3 Å². The first-order valence-electron chi connectivity index (χ1n) is 5.90. The summed E-state index contributed by atoms with van der Waals surface area (Å²) >= 11 is 0. The van der Waals surface area contributed by atoms with Crippen LogP contribution in [0.3, 0.4) is 0 Å². The van der Waals surface area contributed by atoms with Gasteiger partial charge in [-0.2, -0.15) is 0 Å². The van der Waals surface area contributed by atoms with E-state index in [2.05, 4.69) is 26.2 Å². The van der Waals surface area contributed by atoms with Crippen LogP contribution in [-0.4, -0.2) is 5.78 Å². The van der Waals surface area contributed by atoms with Crippen molar-refractivity contribution in [1.29, 1.82) is 0 Å². The maximum atomic E-state index is 12.2. The third-order valence-electron chi connectivity index (χ3n) is 4.65. The highest BCUT2D eigenvalue weighted by atomic mass is 16.1. The van der Waals surface area contributed by atoms with Crippen molar-refractivity contribution in [2.24, 2.45) is 23.2 Å². The number of fused-ring (bicyclic) bond motifs is 3. The van der Waals surface area contributed by atoms with Crippen LogP contribution in [-0.2, 0) is 4.79 Å². The molecule has 4 atom stereocenters. The zero-order valence-corrected chi connectivity index (χ0v) is 9.54. The van der Waals surface area contributed by atoms with Crippen LogP contribution in [0.25, 0.3) is 0 Å². The van der Waals surface area contributed by atoms with Gasteiger partial charge in [-0.15, -0.1) is 13.2 Å². The first-order valence-corrected chi connectivity index (χ1v) is 5.90. The van der Waals surface area contributed by atoms with Crippen LogP contribution in [0.5, 0.6) is 0 Å². The van der Waals surface area contributed by atoms with Gasteiger partial charge in [-0.05, 0) is 37.0 Å². The van der Waals surface area contributed by atoms with Crippen LogP contribution in [0.4, 0.5) is 0 Å². The van der Waals surface area contributed by atoms with E-state index in [4.69, 9.17) is 0 Å². The third-order valence-corrected chi connectivity index (χ3v) is 4.65. The molecule has 3 rings (SSSR count). The lowest BCUT2D eigenvalue weighted by atomic mass is 9.50. The Kier molecular flexibility index (Phi) is 2.57. The van der Waals surface area contributed by atoms with E-state index in [1.807, 2.05) is 6.08 Å². The molecule has 82 valence electrons. The van der Waals surface area contributed by atoms with Gasteiger partial charge in [0, 0.05) is 11.8 Å². The Morgan fingerprint density at radius 2 is 2.27 bits per heavy atom. The van der Waals surface area contributed by atoms with Crippen molar-refractivity contribution in [2.45, 2.75) is 32.6 Å². The standard InChI is InChI=1S/C14H20O/c1-4-6-12-13(15)10-7-8-14(12,3)11(5-2)9-10/h4-5,10-12H,1-2,6-9H2,3H3/t10-,11+,12-,14+/m1/s1. The number of rotatable bonds is 3. The maximum Gasteiger partial charge on any atom is 0.139 e. The number of hydrogen-bond acceptors (Lipinski definition) is 1. The fraction of sp³-hybridized carbons (Fsp3) is 0.643. The predicted octanol–water partition coefficient (Wildman–Crippen LogP) is 3.37. The van der Waals surface area contributed by atoms with E-state index in [-0.39, 0.29) is 11.3 Å². The molecule has 0 spiro atoms. The predicted molar refractivity (Wildman–Crippen MR) is 62.4 cm³/mol. The van der Waals surface area contributed by atoms with Crippen molar-refractivity contribution in [3.8, 4) is 0 Å². The molecule has 0 radical (unpaired) electrons. The molecule has 2 bridgehead atoms. The largest absolute Gasteiger partial charge is 0.299 e. The highest BCUT2D eigenvalue weighted by Crippen LogP contribution is 2.56. The molecule has 15 heavy (non-hydrogen) atoms. The van der Waals surface area contributed by atoms with Crippen molar-refractivity contribution >= 4 is 5.78 Å². The summed E-state index contributed by atoms with van der Waals surface area (Å²) < 4.78 is 0. The van der Waals surface area contributed by atoms with Gasteiger partial charge in [0.2, 0.25) is 0 Å². The SMILES string of the molecule is C=CC[C@@H]1C(=O)[C@@H]2CC[C@@]1(C)[C@@H](C=C)C2. The van der Waals surface area contributed by atoms with E-state index in [0.717, 1.165) is 19.3 Å². The second kappa shape index (κ2) is 3.62. The summed E-state index contributed by atoms with van der Waals surface area (Å²) in [5, 5.41) is 0. The fourth-order valence-electron chi connectivity index (χ4n) is 3.58. The second-order valence-corrected chi connectivity index (χ2v) is 5.30. The Bertz CT molecular complexity index is 304. The minimum Gasteiger partial charge on any atom is -0.299 e. The van der Waals surface area contributed by atoms with Crippen molar-refractivity contribution < 1.29 is 4.79 Å². The van der Waals surface area contributed by atoms with Crippen LogP contribution < -0.4 is 0 Å². The van der Waals surface area contributed by atoms with Crippen molar-refractivity contribution in [2.75, 3.05) is 0 Å². The van der Waals surface area contributed by atoms with E-state index in [9.17, 15) is 4.79 Å². The van der Waals surface area contributed by atoms with Gasteiger partial charge >= 0.3 is 0 Å². The molecule has 3 fully saturated rings. The number of carbonyl (C=O) groups is 1. The lowest BCUT2D eigenvalue weighted by Crippen LogP contribution is -2.51. The van der Waals surface area contributed by atoms with Gasteiger partial charge in [0.05, 0.1) is 0 Å². The molecule has 0 saturated heterocycles. The summed E-state index contributed by atoms with van der Waals surface area (Å²) in [5.41, 5.74) is 0.155. The molecule has 0 amide bonds. The highest BCUT2D eigenvalue weighted by molar-refractivity contribution is 5.86. The van der Waals surface area contributed by atoms with E-state index in [1.54, 1.807) is 0 Å². The zero-order chi connectivity index (χ0) is 11.1. The lowest BCUT2D eigenvalue weighted by molar-refractivity contribution is -0.145. The Morgan fingerprint density at radius 3 is 2.87 bits per heavy atom. The lowest BCUT2D eigenvalue weighted by Gasteiger charge is -2.53. The molecular weight excluding hydrogens is 184 g/mol. The first-order chi connectivity index (χ1) is 7.13. The van der Waals surface area contributed by atoms with Crippen molar-refractivity contribution in [1.82, 2.24) is 0 Å². The molecular formula is C14H20O. The zero-order valence-electron chi connectivity index (χ0n) is 9.54. The minimum atomic E-state index is 0.155. The molecule has 0 aliphatic heterocycles. The molecule has 3 aliphatic rings. The minimum absolute atomic E-state index is 0.155. The van der Waals surface area contributed by atoms with Gasteiger partial charge in [0.25, 0.3) is 0 Å². The fourth-order valence-corrected chi connectivity index (χ4v) is 3.58. The summed E-state index contributed by atoms with van der Waals surface area (Å²) in [5.74, 6) is 1.52. The van der Waals surface area contributed by atoms with E-state index < -0.39 is 0 Å². The maximum absolute atomic E-state index is 12.2. The number of Topliss-reactive ketones (excluding diaryl/α,β-unsaturated/α-hetero) is 1. The summed E-state index contributed by atoms with van der Waals surface area (Å²) in [7, 11) is 0. The Labute approximate surface area is 92.3 Å². The number of carbonyl (C=O) groups excluding carboxylic acids is 1. The number of ketones is 1. The molecule has 3 aliphatic carbocycles. The number of allylic oxidation sites excluding steroid dienone is 2. The normalized spacial score (nSPS) is 44.1. The smallest absolute Gasteiger partial charge is 0.139 e. The molecule has 0 aromatic rings.